The van der Waals surface area contributed by atoms with Crippen molar-refractivity contribution in [2.45, 2.75) is 6.43 Å². The molecule has 3 atom stereocenters. The lowest BCUT2D eigenvalue weighted by Gasteiger charge is -2.20. The van der Waals surface area contributed by atoms with Crippen molar-refractivity contribution in [2.75, 3.05) is 23.7 Å². The third-order valence-electron chi connectivity index (χ3n) is 4.68. The van der Waals surface area contributed by atoms with E-state index in [-0.39, 0.29) is 11.8 Å². The molecule has 2 aromatic rings. The van der Waals surface area contributed by atoms with E-state index in [1.54, 1.807) is 13.2 Å². The minimum Gasteiger partial charge on any atom is -0.368 e. The maximum Gasteiger partial charge on any atom is 0.242 e. The number of alkyl halides is 2. The number of aromatic nitrogens is 4. The fourth-order valence-corrected chi connectivity index (χ4v) is 3.36. The maximum absolute atomic E-state index is 12.7. The second-order valence-corrected chi connectivity index (χ2v) is 5.97. The van der Waals surface area contributed by atoms with Gasteiger partial charge in [-0.15, -0.1) is 5.10 Å². The molecule has 8 heteroatoms. The number of halogens is 2. The number of hydrogen-bond donors (Lipinski definition) is 1. The van der Waals surface area contributed by atoms with E-state index in [2.05, 4.69) is 20.0 Å². The van der Waals surface area contributed by atoms with Gasteiger partial charge < -0.3 is 10.6 Å². The molecule has 22 heavy (non-hydrogen) atoms. The van der Waals surface area contributed by atoms with E-state index in [1.165, 1.54) is 4.68 Å². The first-order valence-corrected chi connectivity index (χ1v) is 7.20. The SMILES string of the molecule is Cn1nc(-c2ccc(N3C[C@@H]4C(C(F)F)[C@@H]4C3)nc2)nc1N. The normalized spacial score (nSPS) is 26.5. The Morgan fingerprint density at radius 1 is 1.27 bits per heavy atom. The van der Waals surface area contributed by atoms with Crippen molar-refractivity contribution in [3.05, 3.63) is 18.3 Å². The zero-order chi connectivity index (χ0) is 15.4. The highest BCUT2D eigenvalue weighted by molar-refractivity contribution is 5.57. The van der Waals surface area contributed by atoms with Crippen LogP contribution in [0.3, 0.4) is 0 Å². The van der Waals surface area contributed by atoms with Gasteiger partial charge in [0, 0.05) is 37.8 Å². The number of anilines is 2. The average molecular weight is 306 g/mol. The summed E-state index contributed by atoms with van der Waals surface area (Å²) in [5, 5.41) is 4.20. The minimum absolute atomic E-state index is 0.124. The van der Waals surface area contributed by atoms with Crippen LogP contribution in [0.15, 0.2) is 18.3 Å². The molecule has 3 heterocycles. The van der Waals surface area contributed by atoms with Crippen molar-refractivity contribution < 1.29 is 8.78 Å². The predicted molar refractivity (Wildman–Crippen MR) is 77.3 cm³/mol. The molecule has 6 nitrogen and oxygen atoms in total. The van der Waals surface area contributed by atoms with Gasteiger partial charge in [0.1, 0.15) is 5.82 Å². The second kappa shape index (κ2) is 4.62. The van der Waals surface area contributed by atoms with Crippen LogP contribution < -0.4 is 10.6 Å². The van der Waals surface area contributed by atoms with Crippen molar-refractivity contribution in [3.8, 4) is 11.4 Å². The highest BCUT2D eigenvalue weighted by Crippen LogP contribution is 2.55. The molecule has 0 aromatic carbocycles. The Kier molecular flexibility index (Phi) is 2.82. The van der Waals surface area contributed by atoms with Crippen LogP contribution in [0.4, 0.5) is 20.5 Å². The number of fused-ring (bicyclic) bond motifs is 1. The van der Waals surface area contributed by atoms with Gasteiger partial charge in [-0.05, 0) is 24.0 Å². The van der Waals surface area contributed by atoms with Crippen molar-refractivity contribution in [3.63, 3.8) is 0 Å². The van der Waals surface area contributed by atoms with Crippen LogP contribution in [0.1, 0.15) is 0 Å². The standard InChI is InChI=1S/C14H16F2N6/c1-21-14(17)19-13(20-21)7-2-3-10(18-4-7)22-5-8-9(6-22)11(8)12(15)16/h2-4,8-9,11-12H,5-6H2,1H3,(H2,17,19,20)/t8-,9+,11?. The number of nitrogens with two attached hydrogens (primary N) is 1. The average Bonchev–Trinajstić information content (AvgIpc) is 2.83. The van der Waals surface area contributed by atoms with E-state index in [4.69, 9.17) is 5.73 Å². The molecule has 0 radical (unpaired) electrons. The van der Waals surface area contributed by atoms with Crippen LogP contribution in [-0.4, -0.2) is 39.3 Å². The molecule has 1 aliphatic carbocycles. The largest absolute Gasteiger partial charge is 0.368 e. The van der Waals surface area contributed by atoms with Gasteiger partial charge in [-0.2, -0.15) is 4.98 Å². The van der Waals surface area contributed by atoms with Crippen LogP contribution in [0.5, 0.6) is 0 Å². The zero-order valence-corrected chi connectivity index (χ0v) is 12.0. The van der Waals surface area contributed by atoms with E-state index >= 15 is 0 Å². The van der Waals surface area contributed by atoms with Gasteiger partial charge in [0.15, 0.2) is 5.82 Å². The molecule has 2 aromatic heterocycles. The van der Waals surface area contributed by atoms with Crippen molar-refractivity contribution in [2.24, 2.45) is 24.8 Å². The van der Waals surface area contributed by atoms with E-state index in [0.717, 1.165) is 11.4 Å². The van der Waals surface area contributed by atoms with Gasteiger partial charge in [-0.1, -0.05) is 0 Å². The smallest absolute Gasteiger partial charge is 0.242 e. The molecule has 2 fully saturated rings. The summed E-state index contributed by atoms with van der Waals surface area (Å²) < 4.78 is 26.9. The number of pyridine rings is 1. The first kappa shape index (κ1) is 13.4. The van der Waals surface area contributed by atoms with Gasteiger partial charge in [-0.25, -0.2) is 18.4 Å². The topological polar surface area (TPSA) is 72.9 Å². The molecule has 1 saturated carbocycles. The fraction of sp³-hybridized carbons (Fsp3) is 0.500. The van der Waals surface area contributed by atoms with Crippen molar-refractivity contribution >= 4 is 11.8 Å². The monoisotopic (exact) mass is 306 g/mol. The molecule has 0 bridgehead atoms. The van der Waals surface area contributed by atoms with E-state index in [9.17, 15) is 8.78 Å². The minimum atomic E-state index is -2.19. The van der Waals surface area contributed by atoms with Gasteiger partial charge >= 0.3 is 0 Å². The molecule has 2 aliphatic rings. The lowest BCUT2D eigenvalue weighted by atomic mass is 10.2. The third kappa shape index (κ3) is 2.01. The third-order valence-corrected chi connectivity index (χ3v) is 4.68. The van der Waals surface area contributed by atoms with Crippen LogP contribution >= 0.6 is 0 Å². The van der Waals surface area contributed by atoms with Crippen LogP contribution in [0.2, 0.25) is 0 Å². The number of rotatable bonds is 3. The summed E-state index contributed by atoms with van der Waals surface area (Å²) >= 11 is 0. The van der Waals surface area contributed by atoms with Crippen molar-refractivity contribution in [1.29, 1.82) is 0 Å². The van der Waals surface area contributed by atoms with Crippen LogP contribution in [-0.2, 0) is 7.05 Å². The number of nitrogen functional groups attached to an aromatic ring is 1. The molecule has 0 spiro atoms. The molecule has 1 unspecified atom stereocenters. The summed E-state index contributed by atoms with van der Waals surface area (Å²) in [5.41, 5.74) is 6.45. The summed E-state index contributed by atoms with van der Waals surface area (Å²) in [5.74, 6) is 1.53. The Balaban J connectivity index is 1.47. The molecule has 4 rings (SSSR count). The molecule has 2 N–H and O–H groups in total. The van der Waals surface area contributed by atoms with Gasteiger partial charge in [0.25, 0.3) is 0 Å². The number of aryl methyl sites for hydroxylation is 1. The Hall–Kier alpha value is -2.25. The van der Waals surface area contributed by atoms with Crippen molar-refractivity contribution in [1.82, 2.24) is 19.7 Å². The Bertz CT molecular complexity index is 666. The fourth-order valence-electron chi connectivity index (χ4n) is 3.36. The number of piperidine rings is 1. The molecular weight excluding hydrogens is 290 g/mol. The lowest BCUT2D eigenvalue weighted by Crippen LogP contribution is -2.26. The van der Waals surface area contributed by atoms with Crippen LogP contribution in [0, 0.1) is 17.8 Å². The Labute approximate surface area is 126 Å². The van der Waals surface area contributed by atoms with Gasteiger partial charge in [0.2, 0.25) is 12.4 Å². The lowest BCUT2D eigenvalue weighted by molar-refractivity contribution is 0.109. The highest BCUT2D eigenvalue weighted by Gasteiger charge is 2.60. The summed E-state index contributed by atoms with van der Waals surface area (Å²) in [6.07, 6.45) is -0.494. The van der Waals surface area contributed by atoms with E-state index < -0.39 is 12.3 Å². The van der Waals surface area contributed by atoms with E-state index in [1.807, 2.05) is 12.1 Å². The summed E-state index contributed by atoms with van der Waals surface area (Å²) in [6, 6.07) is 3.76. The quantitative estimate of drug-likeness (QED) is 0.928. The van der Waals surface area contributed by atoms with Gasteiger partial charge in [-0.3, -0.25) is 0 Å². The molecule has 1 saturated heterocycles. The Morgan fingerprint density at radius 3 is 2.50 bits per heavy atom. The Morgan fingerprint density at radius 2 is 2.00 bits per heavy atom. The van der Waals surface area contributed by atoms with Crippen LogP contribution in [0.25, 0.3) is 11.4 Å². The maximum atomic E-state index is 12.7. The molecular formula is C14H16F2N6. The van der Waals surface area contributed by atoms with Gasteiger partial charge in [0.05, 0.1) is 0 Å². The zero-order valence-electron chi connectivity index (χ0n) is 12.0. The second-order valence-electron chi connectivity index (χ2n) is 5.97. The summed E-state index contributed by atoms with van der Waals surface area (Å²) in [4.78, 5) is 10.6. The highest BCUT2D eigenvalue weighted by atomic mass is 19.3. The van der Waals surface area contributed by atoms with E-state index in [0.29, 0.717) is 24.9 Å². The molecule has 0 amide bonds. The first-order valence-electron chi connectivity index (χ1n) is 7.20. The summed E-state index contributed by atoms with van der Waals surface area (Å²) in [7, 11) is 1.73. The first-order chi connectivity index (χ1) is 10.5. The summed E-state index contributed by atoms with van der Waals surface area (Å²) in [6.45, 7) is 1.33. The molecule has 116 valence electrons. The number of hydrogen-bond acceptors (Lipinski definition) is 5. The predicted octanol–water partition coefficient (Wildman–Crippen LogP) is 1.41. The number of nitrogens with zero attached hydrogens (tertiary/aromatic N) is 5. The molecule has 1 aliphatic heterocycles.